The number of piperazine rings is 1. The summed E-state index contributed by atoms with van der Waals surface area (Å²) in [5, 5.41) is 0.642. The van der Waals surface area contributed by atoms with Crippen molar-refractivity contribution in [2.75, 3.05) is 57.3 Å². The van der Waals surface area contributed by atoms with Gasteiger partial charge in [0.25, 0.3) is 0 Å². The molecule has 2 aliphatic rings. The Morgan fingerprint density at radius 1 is 1.10 bits per heavy atom. The van der Waals surface area contributed by atoms with E-state index in [1.165, 1.54) is 6.42 Å². The van der Waals surface area contributed by atoms with Gasteiger partial charge in [0, 0.05) is 57.0 Å². The van der Waals surface area contributed by atoms with Crippen LogP contribution in [0.4, 0.5) is 5.82 Å². The molecule has 2 aromatic rings. The first-order valence-corrected chi connectivity index (χ1v) is 11.6. The Morgan fingerprint density at radius 2 is 1.97 bits per heavy atom. The molecule has 31 heavy (non-hydrogen) atoms. The SMILES string of the molecule is O=C(CCOc1cccc(Cl)c1)N1CCCC(CN2CCN(c3ccccn3)CC2)C1. The quantitative estimate of drug-likeness (QED) is 0.656. The third-order valence-electron chi connectivity index (χ3n) is 6.11. The van der Waals surface area contributed by atoms with Crippen LogP contribution in [0.5, 0.6) is 5.75 Å². The molecule has 2 fully saturated rings. The number of hydrogen-bond acceptors (Lipinski definition) is 5. The second kappa shape index (κ2) is 10.8. The maximum atomic E-state index is 12.7. The maximum Gasteiger partial charge on any atom is 0.226 e. The maximum absolute atomic E-state index is 12.7. The number of halogens is 1. The van der Waals surface area contributed by atoms with Crippen molar-refractivity contribution in [3.8, 4) is 5.75 Å². The van der Waals surface area contributed by atoms with Gasteiger partial charge < -0.3 is 14.5 Å². The summed E-state index contributed by atoms with van der Waals surface area (Å²) in [6.07, 6.45) is 4.54. The van der Waals surface area contributed by atoms with E-state index in [0.29, 0.717) is 29.7 Å². The summed E-state index contributed by atoms with van der Waals surface area (Å²) < 4.78 is 5.69. The van der Waals surface area contributed by atoms with Crippen molar-refractivity contribution >= 4 is 23.3 Å². The fraction of sp³-hybridized carbons (Fsp3) is 0.500. The Morgan fingerprint density at radius 3 is 2.74 bits per heavy atom. The molecule has 1 aromatic heterocycles. The van der Waals surface area contributed by atoms with E-state index in [0.717, 1.165) is 58.1 Å². The number of ether oxygens (including phenoxy) is 1. The van der Waals surface area contributed by atoms with Crippen LogP contribution in [0.2, 0.25) is 5.02 Å². The number of anilines is 1. The molecule has 0 aliphatic carbocycles. The molecule has 1 aromatic carbocycles. The zero-order valence-electron chi connectivity index (χ0n) is 18.0. The second-order valence-corrected chi connectivity index (χ2v) is 8.82. The lowest BCUT2D eigenvalue weighted by molar-refractivity contribution is -0.133. The van der Waals surface area contributed by atoms with Crippen LogP contribution in [0.1, 0.15) is 19.3 Å². The first-order valence-electron chi connectivity index (χ1n) is 11.2. The van der Waals surface area contributed by atoms with E-state index in [1.54, 1.807) is 6.07 Å². The van der Waals surface area contributed by atoms with Gasteiger partial charge in [-0.1, -0.05) is 23.7 Å². The average Bonchev–Trinajstić information content (AvgIpc) is 2.80. The molecule has 2 saturated heterocycles. The molecule has 4 rings (SSSR count). The molecule has 1 amide bonds. The minimum absolute atomic E-state index is 0.187. The molecule has 166 valence electrons. The molecule has 7 heteroatoms. The molecule has 0 spiro atoms. The van der Waals surface area contributed by atoms with Gasteiger partial charge in [0.15, 0.2) is 0 Å². The largest absolute Gasteiger partial charge is 0.493 e. The van der Waals surface area contributed by atoms with E-state index in [4.69, 9.17) is 16.3 Å². The predicted molar refractivity (Wildman–Crippen MR) is 124 cm³/mol. The summed E-state index contributed by atoms with van der Waals surface area (Å²) in [6, 6.07) is 13.4. The smallest absolute Gasteiger partial charge is 0.226 e. The Hall–Kier alpha value is -2.31. The number of amides is 1. The normalized spacial score (nSPS) is 20.0. The molecule has 1 atom stereocenters. The van der Waals surface area contributed by atoms with E-state index in [-0.39, 0.29) is 5.91 Å². The Kier molecular flexibility index (Phi) is 7.65. The topological polar surface area (TPSA) is 48.9 Å². The summed E-state index contributed by atoms with van der Waals surface area (Å²) in [5.74, 6) is 2.51. The van der Waals surface area contributed by atoms with Crippen LogP contribution in [0.15, 0.2) is 48.7 Å². The standard InChI is InChI=1S/C24H31ClN4O2/c25-21-6-3-7-22(17-21)31-16-9-24(30)29-11-4-5-20(19-29)18-27-12-14-28(15-13-27)23-8-1-2-10-26-23/h1-3,6-8,10,17,20H,4-5,9,11-16,18-19H2. The van der Waals surface area contributed by atoms with Gasteiger partial charge in [0.2, 0.25) is 5.91 Å². The van der Waals surface area contributed by atoms with Crippen LogP contribution in [-0.4, -0.2) is 73.1 Å². The fourth-order valence-corrected chi connectivity index (χ4v) is 4.66. The van der Waals surface area contributed by atoms with Crippen molar-refractivity contribution in [1.82, 2.24) is 14.8 Å². The third kappa shape index (κ3) is 6.34. The number of piperidine rings is 1. The van der Waals surface area contributed by atoms with Gasteiger partial charge in [-0.05, 0) is 49.1 Å². The minimum atomic E-state index is 0.187. The first kappa shape index (κ1) is 21.9. The predicted octanol–water partition coefficient (Wildman–Crippen LogP) is 3.56. The lowest BCUT2D eigenvalue weighted by atomic mass is 9.97. The summed E-state index contributed by atoms with van der Waals surface area (Å²) in [7, 11) is 0. The summed E-state index contributed by atoms with van der Waals surface area (Å²) in [6.45, 7) is 7.29. The lowest BCUT2D eigenvalue weighted by Crippen LogP contribution is -2.50. The van der Waals surface area contributed by atoms with E-state index in [9.17, 15) is 4.79 Å². The Bertz CT molecular complexity index is 842. The molecular formula is C24H31ClN4O2. The van der Waals surface area contributed by atoms with Gasteiger partial charge in [-0.15, -0.1) is 0 Å². The third-order valence-corrected chi connectivity index (χ3v) is 6.35. The van der Waals surface area contributed by atoms with Gasteiger partial charge in [0.05, 0.1) is 13.0 Å². The van der Waals surface area contributed by atoms with Crippen LogP contribution in [0, 0.1) is 5.92 Å². The monoisotopic (exact) mass is 442 g/mol. The van der Waals surface area contributed by atoms with Crippen molar-refractivity contribution in [2.24, 2.45) is 5.92 Å². The number of carbonyl (C=O) groups excluding carboxylic acids is 1. The lowest BCUT2D eigenvalue weighted by Gasteiger charge is -2.39. The van der Waals surface area contributed by atoms with Crippen molar-refractivity contribution < 1.29 is 9.53 Å². The van der Waals surface area contributed by atoms with Gasteiger partial charge in [-0.2, -0.15) is 0 Å². The first-order chi connectivity index (χ1) is 15.2. The second-order valence-electron chi connectivity index (χ2n) is 8.38. The molecular weight excluding hydrogens is 412 g/mol. The fourth-order valence-electron chi connectivity index (χ4n) is 4.48. The molecule has 3 heterocycles. The van der Waals surface area contributed by atoms with Crippen LogP contribution in [0.3, 0.4) is 0 Å². The zero-order valence-corrected chi connectivity index (χ0v) is 18.7. The highest BCUT2D eigenvalue weighted by Gasteiger charge is 2.26. The van der Waals surface area contributed by atoms with Crippen molar-refractivity contribution in [2.45, 2.75) is 19.3 Å². The Balaban J connectivity index is 1.18. The Labute approximate surface area is 189 Å². The molecule has 0 radical (unpaired) electrons. The van der Waals surface area contributed by atoms with Crippen LogP contribution < -0.4 is 9.64 Å². The van der Waals surface area contributed by atoms with Gasteiger partial charge in [-0.3, -0.25) is 9.69 Å². The number of likely N-dealkylation sites (tertiary alicyclic amines) is 1. The van der Waals surface area contributed by atoms with Gasteiger partial charge in [-0.25, -0.2) is 4.98 Å². The van der Waals surface area contributed by atoms with Gasteiger partial charge >= 0.3 is 0 Å². The van der Waals surface area contributed by atoms with Crippen LogP contribution in [0.25, 0.3) is 0 Å². The molecule has 2 aliphatic heterocycles. The van der Waals surface area contributed by atoms with Crippen molar-refractivity contribution in [3.05, 3.63) is 53.7 Å². The molecule has 0 bridgehead atoms. The average molecular weight is 443 g/mol. The van der Waals surface area contributed by atoms with Crippen molar-refractivity contribution in [3.63, 3.8) is 0 Å². The summed E-state index contributed by atoms with van der Waals surface area (Å²) in [5.41, 5.74) is 0. The van der Waals surface area contributed by atoms with Crippen molar-refractivity contribution in [1.29, 1.82) is 0 Å². The minimum Gasteiger partial charge on any atom is -0.493 e. The number of aromatic nitrogens is 1. The summed E-state index contributed by atoms with van der Waals surface area (Å²) in [4.78, 5) is 24.1. The zero-order chi connectivity index (χ0) is 21.5. The van der Waals surface area contributed by atoms with Crippen LogP contribution in [-0.2, 0) is 4.79 Å². The molecule has 0 N–H and O–H groups in total. The number of benzene rings is 1. The number of pyridine rings is 1. The van der Waals surface area contributed by atoms with Gasteiger partial charge in [0.1, 0.15) is 11.6 Å². The van der Waals surface area contributed by atoms with Crippen LogP contribution >= 0.6 is 11.6 Å². The number of hydrogen-bond donors (Lipinski definition) is 0. The summed E-state index contributed by atoms with van der Waals surface area (Å²) >= 11 is 5.98. The highest BCUT2D eigenvalue weighted by Crippen LogP contribution is 2.21. The van der Waals surface area contributed by atoms with E-state index >= 15 is 0 Å². The molecule has 1 unspecified atom stereocenters. The van der Waals surface area contributed by atoms with E-state index in [1.807, 2.05) is 41.4 Å². The molecule has 6 nitrogen and oxygen atoms in total. The number of rotatable bonds is 7. The van der Waals surface area contributed by atoms with E-state index in [2.05, 4.69) is 20.9 Å². The van der Waals surface area contributed by atoms with E-state index < -0.39 is 0 Å². The highest BCUT2D eigenvalue weighted by atomic mass is 35.5. The number of nitrogens with zero attached hydrogens (tertiary/aromatic N) is 4. The molecule has 0 saturated carbocycles. The highest BCUT2D eigenvalue weighted by molar-refractivity contribution is 6.30. The number of carbonyl (C=O) groups is 1.